The van der Waals surface area contributed by atoms with E-state index in [2.05, 4.69) is 22.9 Å². The third-order valence-corrected chi connectivity index (χ3v) is 3.90. The Hall–Kier alpha value is -0.870. The first kappa shape index (κ1) is 12.6. The highest BCUT2D eigenvalue weighted by Gasteiger charge is 2.35. The zero-order valence-electron chi connectivity index (χ0n) is 9.95. The van der Waals surface area contributed by atoms with E-state index in [0.29, 0.717) is 6.54 Å². The second-order valence-electron chi connectivity index (χ2n) is 5.00. The summed E-state index contributed by atoms with van der Waals surface area (Å²) in [5.74, 6) is 0.100. The number of nitrogens with zero attached hydrogens (tertiary/aromatic N) is 1. The Kier molecular flexibility index (Phi) is 3.54. The molecule has 1 aliphatic heterocycles. The third kappa shape index (κ3) is 2.69. The molecular weight excluding hydrogens is 280 g/mol. The zero-order valence-corrected chi connectivity index (χ0v) is 11.5. The Morgan fingerprint density at radius 2 is 2.35 bits per heavy atom. The SMILES string of the molecule is CC1(CN)CCN(C(=O)c2cccc(Br)c2)C1. The molecular formula is C13H17BrN2O. The van der Waals surface area contributed by atoms with Gasteiger partial charge in [-0.1, -0.05) is 28.9 Å². The quantitative estimate of drug-likeness (QED) is 0.910. The topological polar surface area (TPSA) is 46.3 Å². The number of nitrogens with two attached hydrogens (primary N) is 1. The van der Waals surface area contributed by atoms with Crippen molar-refractivity contribution >= 4 is 21.8 Å². The fourth-order valence-electron chi connectivity index (χ4n) is 2.17. The first-order chi connectivity index (χ1) is 8.04. The molecule has 0 aliphatic carbocycles. The number of amides is 1. The van der Waals surface area contributed by atoms with E-state index >= 15 is 0 Å². The Balaban J connectivity index is 2.12. The minimum atomic E-state index is 0.0850. The lowest BCUT2D eigenvalue weighted by atomic mass is 9.90. The van der Waals surface area contributed by atoms with Crippen LogP contribution in [-0.4, -0.2) is 30.4 Å². The van der Waals surface area contributed by atoms with Crippen molar-refractivity contribution in [1.29, 1.82) is 0 Å². The van der Waals surface area contributed by atoms with E-state index in [4.69, 9.17) is 5.73 Å². The molecule has 92 valence electrons. The van der Waals surface area contributed by atoms with Crippen LogP contribution < -0.4 is 5.73 Å². The van der Waals surface area contributed by atoms with Gasteiger partial charge in [0.05, 0.1) is 0 Å². The number of rotatable bonds is 2. The number of benzene rings is 1. The number of hydrogen-bond acceptors (Lipinski definition) is 2. The largest absolute Gasteiger partial charge is 0.338 e. The van der Waals surface area contributed by atoms with Crippen LogP contribution in [0.15, 0.2) is 28.7 Å². The standard InChI is InChI=1S/C13H17BrN2O/c1-13(8-15)5-6-16(9-13)12(17)10-3-2-4-11(14)7-10/h2-4,7H,5-6,8-9,15H2,1H3. The Morgan fingerprint density at radius 1 is 1.59 bits per heavy atom. The maximum atomic E-state index is 12.3. The van der Waals surface area contributed by atoms with Crippen LogP contribution in [0.3, 0.4) is 0 Å². The molecule has 4 heteroatoms. The van der Waals surface area contributed by atoms with Gasteiger partial charge >= 0.3 is 0 Å². The van der Waals surface area contributed by atoms with E-state index in [0.717, 1.165) is 29.5 Å². The van der Waals surface area contributed by atoms with E-state index in [1.807, 2.05) is 29.2 Å². The van der Waals surface area contributed by atoms with Crippen LogP contribution in [0.5, 0.6) is 0 Å². The normalized spacial score (nSPS) is 24.1. The lowest BCUT2D eigenvalue weighted by Gasteiger charge is -2.22. The van der Waals surface area contributed by atoms with Crippen molar-refractivity contribution in [3.8, 4) is 0 Å². The average Bonchev–Trinajstić information content (AvgIpc) is 2.72. The van der Waals surface area contributed by atoms with Gasteiger partial charge in [0.15, 0.2) is 0 Å². The predicted molar refractivity (Wildman–Crippen MR) is 71.8 cm³/mol. The molecule has 2 N–H and O–H groups in total. The van der Waals surface area contributed by atoms with E-state index < -0.39 is 0 Å². The first-order valence-electron chi connectivity index (χ1n) is 5.79. The first-order valence-corrected chi connectivity index (χ1v) is 6.58. The summed E-state index contributed by atoms with van der Waals surface area (Å²) in [6.07, 6.45) is 0.989. The summed E-state index contributed by atoms with van der Waals surface area (Å²) in [7, 11) is 0. The van der Waals surface area contributed by atoms with Gasteiger partial charge in [0, 0.05) is 23.1 Å². The summed E-state index contributed by atoms with van der Waals surface area (Å²) >= 11 is 3.38. The predicted octanol–water partition coefficient (Wildman–Crippen LogP) is 2.26. The molecule has 3 nitrogen and oxygen atoms in total. The fraction of sp³-hybridized carbons (Fsp3) is 0.462. The van der Waals surface area contributed by atoms with Crippen LogP contribution in [0.1, 0.15) is 23.7 Å². The van der Waals surface area contributed by atoms with Gasteiger partial charge in [-0.3, -0.25) is 4.79 Å². The van der Waals surface area contributed by atoms with Crippen LogP contribution >= 0.6 is 15.9 Å². The molecule has 1 aromatic rings. The van der Waals surface area contributed by atoms with Crippen molar-refractivity contribution in [1.82, 2.24) is 4.90 Å². The maximum Gasteiger partial charge on any atom is 0.253 e. The van der Waals surface area contributed by atoms with Crippen molar-refractivity contribution in [2.45, 2.75) is 13.3 Å². The zero-order chi connectivity index (χ0) is 12.5. The van der Waals surface area contributed by atoms with Gasteiger partial charge in [0.1, 0.15) is 0 Å². The van der Waals surface area contributed by atoms with Crippen LogP contribution in [0.25, 0.3) is 0 Å². The molecule has 1 fully saturated rings. The molecule has 0 spiro atoms. The molecule has 0 saturated carbocycles. The molecule has 17 heavy (non-hydrogen) atoms. The smallest absolute Gasteiger partial charge is 0.253 e. The summed E-state index contributed by atoms with van der Waals surface area (Å²) in [5, 5.41) is 0. The van der Waals surface area contributed by atoms with Crippen LogP contribution in [0.2, 0.25) is 0 Å². The summed E-state index contributed by atoms with van der Waals surface area (Å²) in [6.45, 7) is 4.34. The summed E-state index contributed by atoms with van der Waals surface area (Å²) in [5.41, 5.74) is 6.57. The number of hydrogen-bond donors (Lipinski definition) is 1. The minimum Gasteiger partial charge on any atom is -0.338 e. The lowest BCUT2D eigenvalue weighted by Crippen LogP contribution is -2.34. The second kappa shape index (κ2) is 4.78. The second-order valence-corrected chi connectivity index (χ2v) is 5.92. The monoisotopic (exact) mass is 296 g/mol. The number of likely N-dealkylation sites (tertiary alicyclic amines) is 1. The summed E-state index contributed by atoms with van der Waals surface area (Å²) in [4.78, 5) is 14.2. The fourth-order valence-corrected chi connectivity index (χ4v) is 2.57. The summed E-state index contributed by atoms with van der Waals surface area (Å²) in [6, 6.07) is 7.52. The van der Waals surface area contributed by atoms with Crippen molar-refractivity contribution in [2.75, 3.05) is 19.6 Å². The molecule has 0 radical (unpaired) electrons. The van der Waals surface area contributed by atoms with Gasteiger partial charge < -0.3 is 10.6 Å². The molecule has 1 unspecified atom stereocenters. The van der Waals surface area contributed by atoms with Crippen molar-refractivity contribution < 1.29 is 4.79 Å². The Labute approximate surface area is 110 Å². The van der Waals surface area contributed by atoms with E-state index in [9.17, 15) is 4.79 Å². The Bertz CT molecular complexity index is 435. The van der Waals surface area contributed by atoms with Crippen molar-refractivity contribution in [3.63, 3.8) is 0 Å². The van der Waals surface area contributed by atoms with Crippen LogP contribution in [0, 0.1) is 5.41 Å². The van der Waals surface area contributed by atoms with E-state index in [-0.39, 0.29) is 11.3 Å². The lowest BCUT2D eigenvalue weighted by molar-refractivity contribution is 0.0777. The van der Waals surface area contributed by atoms with Gasteiger partial charge in [-0.05, 0) is 36.6 Å². The Morgan fingerprint density at radius 3 is 2.94 bits per heavy atom. The number of carbonyl (C=O) groups excluding carboxylic acids is 1. The van der Waals surface area contributed by atoms with Gasteiger partial charge in [-0.2, -0.15) is 0 Å². The van der Waals surface area contributed by atoms with Crippen molar-refractivity contribution in [3.05, 3.63) is 34.3 Å². The van der Waals surface area contributed by atoms with E-state index in [1.54, 1.807) is 0 Å². The van der Waals surface area contributed by atoms with Crippen molar-refractivity contribution in [2.24, 2.45) is 11.1 Å². The van der Waals surface area contributed by atoms with E-state index in [1.165, 1.54) is 0 Å². The molecule has 0 aromatic heterocycles. The molecule has 2 rings (SSSR count). The molecule has 1 aliphatic rings. The molecule has 1 amide bonds. The number of carbonyl (C=O) groups is 1. The minimum absolute atomic E-state index is 0.0850. The highest BCUT2D eigenvalue weighted by atomic mass is 79.9. The highest BCUT2D eigenvalue weighted by Crippen LogP contribution is 2.29. The highest BCUT2D eigenvalue weighted by molar-refractivity contribution is 9.10. The van der Waals surface area contributed by atoms with Crippen LogP contribution in [-0.2, 0) is 0 Å². The van der Waals surface area contributed by atoms with Gasteiger partial charge in [-0.15, -0.1) is 0 Å². The molecule has 1 atom stereocenters. The third-order valence-electron chi connectivity index (χ3n) is 3.41. The van der Waals surface area contributed by atoms with Gasteiger partial charge in [-0.25, -0.2) is 0 Å². The average molecular weight is 297 g/mol. The molecule has 1 heterocycles. The van der Waals surface area contributed by atoms with Gasteiger partial charge in [0.2, 0.25) is 0 Å². The molecule has 1 saturated heterocycles. The number of halogens is 1. The molecule has 0 bridgehead atoms. The maximum absolute atomic E-state index is 12.3. The van der Waals surface area contributed by atoms with Gasteiger partial charge in [0.25, 0.3) is 5.91 Å². The van der Waals surface area contributed by atoms with Crippen LogP contribution in [0.4, 0.5) is 0 Å². The summed E-state index contributed by atoms with van der Waals surface area (Å²) < 4.78 is 0.934. The molecule has 1 aromatic carbocycles.